The number of esters is 1. The average Bonchev–Trinajstić information content (AvgIpc) is 3.46. The maximum absolute atomic E-state index is 14.1. The van der Waals surface area contributed by atoms with Crippen LogP contribution in [0.15, 0.2) is 103 Å². The maximum Gasteiger partial charge on any atom is 0.324 e. The van der Waals surface area contributed by atoms with Crippen LogP contribution in [0.4, 0.5) is 4.79 Å². The van der Waals surface area contributed by atoms with Gasteiger partial charge >= 0.3 is 12.0 Å². The Balaban J connectivity index is 1.33. The van der Waals surface area contributed by atoms with Gasteiger partial charge in [0.25, 0.3) is 0 Å². The summed E-state index contributed by atoms with van der Waals surface area (Å²) in [6.45, 7) is 7.39. The lowest BCUT2D eigenvalue weighted by Gasteiger charge is -2.28. The highest BCUT2D eigenvalue weighted by atomic mass is 16.6. The van der Waals surface area contributed by atoms with Crippen LogP contribution < -0.4 is 5.32 Å². The number of aromatic nitrogens is 1. The Bertz CT molecular complexity index is 1820. The minimum atomic E-state index is -0.695. The molecule has 0 aliphatic carbocycles. The highest BCUT2D eigenvalue weighted by Crippen LogP contribution is 2.26. The van der Waals surface area contributed by atoms with Crippen LogP contribution in [0.25, 0.3) is 21.7 Å². The van der Waals surface area contributed by atoms with Crippen LogP contribution in [0.5, 0.6) is 0 Å². The molecule has 3 amide bonds. The van der Waals surface area contributed by atoms with E-state index in [2.05, 4.69) is 46.7 Å². The predicted octanol–water partition coefficient (Wildman–Crippen LogP) is 8.53. The summed E-state index contributed by atoms with van der Waals surface area (Å²) in [5.41, 5.74) is 3.53. The van der Waals surface area contributed by atoms with E-state index in [-0.39, 0.29) is 24.9 Å². The molecule has 0 saturated heterocycles. The molecule has 0 aliphatic heterocycles. The molecule has 2 N–H and O–H groups in total. The van der Waals surface area contributed by atoms with Crippen molar-refractivity contribution in [3.63, 3.8) is 0 Å². The first-order valence-corrected chi connectivity index (χ1v) is 16.5. The van der Waals surface area contributed by atoms with Gasteiger partial charge in [0.15, 0.2) is 0 Å². The summed E-state index contributed by atoms with van der Waals surface area (Å²) in [4.78, 5) is 45.5. The molecule has 1 heterocycles. The number of fused-ring (bicyclic) bond motifs is 2. The van der Waals surface area contributed by atoms with Gasteiger partial charge in [-0.25, -0.2) is 4.79 Å². The molecule has 0 aliphatic rings. The quantitative estimate of drug-likeness (QED) is 0.135. The van der Waals surface area contributed by atoms with Crippen molar-refractivity contribution < 1.29 is 19.1 Å². The molecule has 5 aromatic rings. The van der Waals surface area contributed by atoms with Gasteiger partial charge in [-0.3, -0.25) is 14.5 Å². The minimum absolute atomic E-state index is 0.0882. The highest BCUT2D eigenvalue weighted by molar-refractivity contribution is 5.97. The van der Waals surface area contributed by atoms with Crippen molar-refractivity contribution in [2.45, 2.75) is 71.4 Å². The number of ether oxygens (including phenoxy) is 1. The summed E-state index contributed by atoms with van der Waals surface area (Å²) >= 11 is 0. The van der Waals surface area contributed by atoms with Gasteiger partial charge in [0.2, 0.25) is 5.91 Å². The Labute approximate surface area is 277 Å². The number of benzene rings is 4. The highest BCUT2D eigenvalue weighted by Gasteiger charge is 2.32. The van der Waals surface area contributed by atoms with Gasteiger partial charge in [-0.15, -0.1) is 0 Å². The third-order valence-corrected chi connectivity index (χ3v) is 8.44. The number of carbonyl (C=O) groups is 3. The Morgan fingerprint density at radius 2 is 1.57 bits per heavy atom. The van der Waals surface area contributed by atoms with Gasteiger partial charge < -0.3 is 15.0 Å². The van der Waals surface area contributed by atoms with Crippen LogP contribution in [0.3, 0.4) is 0 Å². The van der Waals surface area contributed by atoms with E-state index >= 15 is 0 Å². The van der Waals surface area contributed by atoms with E-state index < -0.39 is 23.5 Å². The number of imide groups is 1. The van der Waals surface area contributed by atoms with Crippen molar-refractivity contribution in [2.24, 2.45) is 5.92 Å². The third-order valence-electron chi connectivity index (χ3n) is 8.44. The van der Waals surface area contributed by atoms with E-state index in [1.165, 1.54) is 21.2 Å². The zero-order chi connectivity index (χ0) is 33.4. The molecule has 7 nitrogen and oxygen atoms in total. The normalized spacial score (nSPS) is 12.9. The summed E-state index contributed by atoms with van der Waals surface area (Å²) < 4.78 is 5.61. The second-order valence-corrected chi connectivity index (χ2v) is 13.1. The number of carbonyl (C=O) groups excluding carboxylic acids is 3. The molecule has 0 bridgehead atoms. The Hall–Kier alpha value is -4.91. The average molecular weight is 632 g/mol. The molecule has 0 radical (unpaired) electrons. The molecule has 1 aromatic heterocycles. The van der Waals surface area contributed by atoms with Crippen molar-refractivity contribution in [1.29, 1.82) is 0 Å². The van der Waals surface area contributed by atoms with Crippen molar-refractivity contribution in [2.75, 3.05) is 6.54 Å². The van der Waals surface area contributed by atoms with Gasteiger partial charge in [0.1, 0.15) is 5.60 Å². The molecule has 5 rings (SSSR count). The van der Waals surface area contributed by atoms with Crippen LogP contribution in [0.2, 0.25) is 0 Å². The number of rotatable bonds is 12. The molecule has 244 valence electrons. The summed E-state index contributed by atoms with van der Waals surface area (Å²) in [6.07, 6.45) is 4.31. The predicted molar refractivity (Wildman–Crippen MR) is 188 cm³/mol. The molecule has 2 atom stereocenters. The topological polar surface area (TPSA) is 91.5 Å². The molecule has 7 heteroatoms. The summed E-state index contributed by atoms with van der Waals surface area (Å²) in [7, 11) is 0. The maximum atomic E-state index is 14.1. The summed E-state index contributed by atoms with van der Waals surface area (Å²) in [5.74, 6) is -1.51. The van der Waals surface area contributed by atoms with Gasteiger partial charge in [0.05, 0.1) is 12.5 Å². The number of aryl methyl sites for hydroxylation is 1. The van der Waals surface area contributed by atoms with E-state index in [1.54, 1.807) is 6.92 Å². The van der Waals surface area contributed by atoms with E-state index in [9.17, 15) is 14.4 Å². The molecule has 4 aromatic carbocycles. The van der Waals surface area contributed by atoms with E-state index in [4.69, 9.17) is 4.74 Å². The molecule has 0 spiro atoms. The lowest BCUT2D eigenvalue weighted by atomic mass is 9.94. The molecular weight excluding hydrogens is 586 g/mol. The fourth-order valence-corrected chi connectivity index (χ4v) is 6.15. The van der Waals surface area contributed by atoms with Crippen LogP contribution in [-0.4, -0.2) is 39.9 Å². The molecular formula is C40H45N3O4. The number of H-pyrrole nitrogens is 1. The summed E-state index contributed by atoms with van der Waals surface area (Å²) in [6, 6.07) is 31.6. The second-order valence-electron chi connectivity index (χ2n) is 13.1. The number of nitrogens with one attached hydrogen (secondary N) is 2. The van der Waals surface area contributed by atoms with Crippen molar-refractivity contribution in [3.8, 4) is 0 Å². The number of aromatic amines is 1. The molecule has 47 heavy (non-hydrogen) atoms. The van der Waals surface area contributed by atoms with Crippen molar-refractivity contribution >= 4 is 39.6 Å². The lowest BCUT2D eigenvalue weighted by Crippen LogP contribution is -2.48. The van der Waals surface area contributed by atoms with Gasteiger partial charge in [-0.2, -0.15) is 0 Å². The Kier molecular flexibility index (Phi) is 10.8. The number of nitrogens with zero attached hydrogens (tertiary/aromatic N) is 1. The second kappa shape index (κ2) is 15.1. The number of urea groups is 1. The Morgan fingerprint density at radius 3 is 2.32 bits per heavy atom. The van der Waals surface area contributed by atoms with Crippen LogP contribution in [0.1, 0.15) is 69.7 Å². The van der Waals surface area contributed by atoms with Crippen molar-refractivity contribution in [3.05, 3.63) is 120 Å². The largest absolute Gasteiger partial charge is 0.460 e. The first kappa shape index (κ1) is 33.5. The SMILES string of the molecule is CCN(C(=O)NC(Cc1c[nH]c2ccccc12)c1ccccc1)C(=O)C(CCCc1ccc2ccccc2c1)CC(=O)OC(C)(C)C. The third kappa shape index (κ3) is 8.88. The summed E-state index contributed by atoms with van der Waals surface area (Å²) in [5, 5.41) is 6.59. The molecule has 0 saturated carbocycles. The van der Waals surface area contributed by atoms with E-state index in [0.717, 1.165) is 28.5 Å². The number of amides is 3. The van der Waals surface area contributed by atoms with Crippen LogP contribution in [-0.2, 0) is 27.2 Å². The van der Waals surface area contributed by atoms with Crippen molar-refractivity contribution in [1.82, 2.24) is 15.2 Å². The van der Waals surface area contributed by atoms with Gasteiger partial charge in [0, 0.05) is 29.6 Å². The van der Waals surface area contributed by atoms with Gasteiger partial charge in [-0.1, -0.05) is 91.0 Å². The Morgan fingerprint density at radius 1 is 0.872 bits per heavy atom. The monoisotopic (exact) mass is 631 g/mol. The number of para-hydroxylation sites is 1. The molecule has 2 unspecified atom stereocenters. The minimum Gasteiger partial charge on any atom is -0.460 e. The van der Waals surface area contributed by atoms with E-state index in [1.807, 2.05) is 87.6 Å². The zero-order valence-electron chi connectivity index (χ0n) is 27.8. The van der Waals surface area contributed by atoms with E-state index in [0.29, 0.717) is 19.3 Å². The zero-order valence-corrected chi connectivity index (χ0v) is 27.8. The lowest BCUT2D eigenvalue weighted by molar-refractivity contribution is -0.158. The smallest absolute Gasteiger partial charge is 0.324 e. The fraction of sp³-hybridized carbons (Fsp3) is 0.325. The van der Waals surface area contributed by atoms with Gasteiger partial charge in [-0.05, 0) is 86.9 Å². The van der Waals surface area contributed by atoms with Crippen LogP contribution >= 0.6 is 0 Å². The van der Waals surface area contributed by atoms with Crippen LogP contribution in [0, 0.1) is 5.92 Å². The number of hydrogen-bond acceptors (Lipinski definition) is 4. The molecule has 0 fully saturated rings. The first-order chi connectivity index (χ1) is 22.6. The first-order valence-electron chi connectivity index (χ1n) is 16.5. The standard InChI is InChI=1S/C40H45N3O4/c1-5-43(39(46)42-36(30-16-7-6-8-17-30)25-33-27-41-35-21-12-11-20-34(33)35)38(45)32(26-37(44)47-40(2,3)4)19-13-14-28-22-23-29-15-9-10-18-31(29)24-28/h6-12,15-18,20-24,27,32,36,41H,5,13-14,19,25-26H2,1-4H3,(H,42,46). The fourth-order valence-electron chi connectivity index (χ4n) is 6.15. The number of hydrogen-bond donors (Lipinski definition) is 2.